The molecule has 0 radical (unpaired) electrons. The number of hydrogen-bond acceptors (Lipinski definition) is 2. The Bertz CT molecular complexity index is 375. The summed E-state index contributed by atoms with van der Waals surface area (Å²) >= 11 is 0. The molecule has 1 amide bonds. The number of amides is 1. The maximum absolute atomic E-state index is 11.3. The molecule has 1 aliphatic rings. The number of rotatable bonds is 4. The molecule has 0 unspecified atom stereocenters. The molecule has 0 bridgehead atoms. The molecule has 2 rings (SSSR count). The van der Waals surface area contributed by atoms with E-state index in [1.54, 1.807) is 0 Å². The molecule has 0 spiro atoms. The highest BCUT2D eigenvalue weighted by atomic mass is 16.6. The summed E-state index contributed by atoms with van der Waals surface area (Å²) in [5, 5.41) is 2.89. The van der Waals surface area contributed by atoms with Crippen molar-refractivity contribution < 1.29 is 9.53 Å². The monoisotopic (exact) mass is 233 g/mol. The van der Waals surface area contributed by atoms with E-state index in [9.17, 15) is 4.79 Å². The molecule has 1 heterocycles. The predicted molar refractivity (Wildman–Crippen MR) is 66.8 cm³/mol. The summed E-state index contributed by atoms with van der Waals surface area (Å²) in [6.45, 7) is 4.31. The number of hydrogen-bond donors (Lipinski definition) is 1. The first-order valence-corrected chi connectivity index (χ1v) is 6.16. The molecule has 2 atom stereocenters. The minimum Gasteiger partial charge on any atom is -0.444 e. The molecule has 1 aromatic rings. The minimum atomic E-state index is -0.281. The van der Waals surface area contributed by atoms with Gasteiger partial charge >= 0.3 is 6.09 Å². The Morgan fingerprint density at radius 1 is 1.29 bits per heavy atom. The van der Waals surface area contributed by atoms with Gasteiger partial charge < -0.3 is 10.1 Å². The molecular formula is C14H19NO2. The van der Waals surface area contributed by atoms with Crippen molar-refractivity contribution in [3.63, 3.8) is 0 Å². The normalized spacial score (nSPS) is 23.6. The number of carbonyl (C=O) groups is 1. The van der Waals surface area contributed by atoms with Gasteiger partial charge in [0.2, 0.25) is 0 Å². The summed E-state index contributed by atoms with van der Waals surface area (Å²) in [5.74, 6) is 0.556. The van der Waals surface area contributed by atoms with Crippen molar-refractivity contribution in [2.45, 2.75) is 38.8 Å². The van der Waals surface area contributed by atoms with Crippen LogP contribution in [0.1, 0.15) is 25.8 Å². The van der Waals surface area contributed by atoms with Gasteiger partial charge in [0.05, 0.1) is 6.04 Å². The van der Waals surface area contributed by atoms with E-state index >= 15 is 0 Å². The van der Waals surface area contributed by atoms with Gasteiger partial charge in [0.1, 0.15) is 6.10 Å². The highest BCUT2D eigenvalue weighted by molar-refractivity contribution is 5.70. The predicted octanol–water partition coefficient (Wildman–Crippen LogP) is 2.75. The van der Waals surface area contributed by atoms with E-state index in [2.05, 4.69) is 31.3 Å². The van der Waals surface area contributed by atoms with Crippen LogP contribution in [0.5, 0.6) is 0 Å². The van der Waals surface area contributed by atoms with Gasteiger partial charge in [0.25, 0.3) is 0 Å². The van der Waals surface area contributed by atoms with Crippen LogP contribution in [0.4, 0.5) is 4.79 Å². The minimum absolute atomic E-state index is 0.0349. The van der Waals surface area contributed by atoms with E-state index in [0.717, 1.165) is 12.8 Å². The third-order valence-corrected chi connectivity index (χ3v) is 3.02. The lowest BCUT2D eigenvalue weighted by Crippen LogP contribution is -2.34. The molecule has 3 nitrogen and oxygen atoms in total. The number of ether oxygens (including phenoxy) is 1. The standard InChI is InChI=1S/C14H19NO2/c1-10(2)8-12-13(17-14(16)15-12)9-11-6-4-3-5-7-11/h3-7,10,12-13H,8-9H2,1-2H3,(H,15,16)/t12-,13-/m0/s1. The lowest BCUT2D eigenvalue weighted by molar-refractivity contribution is 0.128. The highest BCUT2D eigenvalue weighted by Gasteiger charge is 2.34. The molecule has 1 saturated heterocycles. The van der Waals surface area contributed by atoms with Gasteiger partial charge in [-0.1, -0.05) is 44.2 Å². The molecule has 0 aromatic heterocycles. The molecule has 1 aromatic carbocycles. The van der Waals surface area contributed by atoms with Gasteiger partial charge in [-0.25, -0.2) is 4.79 Å². The molecule has 1 fully saturated rings. The van der Waals surface area contributed by atoms with Gasteiger partial charge in [0, 0.05) is 6.42 Å². The van der Waals surface area contributed by atoms with Gasteiger partial charge in [-0.05, 0) is 17.9 Å². The summed E-state index contributed by atoms with van der Waals surface area (Å²) in [4.78, 5) is 11.3. The van der Waals surface area contributed by atoms with E-state index in [-0.39, 0.29) is 18.2 Å². The van der Waals surface area contributed by atoms with Crippen LogP contribution in [0, 0.1) is 5.92 Å². The first kappa shape index (κ1) is 12.0. The highest BCUT2D eigenvalue weighted by Crippen LogP contribution is 2.20. The largest absolute Gasteiger partial charge is 0.444 e. The Hall–Kier alpha value is -1.51. The van der Waals surface area contributed by atoms with Crippen LogP contribution in [0.3, 0.4) is 0 Å². The Kier molecular flexibility index (Phi) is 3.67. The summed E-state index contributed by atoms with van der Waals surface area (Å²) in [6, 6.07) is 10.3. The molecule has 1 N–H and O–H groups in total. The van der Waals surface area contributed by atoms with Crippen LogP contribution in [0.2, 0.25) is 0 Å². The van der Waals surface area contributed by atoms with Gasteiger partial charge in [-0.2, -0.15) is 0 Å². The topological polar surface area (TPSA) is 38.3 Å². The maximum Gasteiger partial charge on any atom is 0.407 e. The fourth-order valence-corrected chi connectivity index (χ4v) is 2.25. The first-order valence-electron chi connectivity index (χ1n) is 6.16. The van der Waals surface area contributed by atoms with Gasteiger partial charge in [-0.15, -0.1) is 0 Å². The molecule has 92 valence electrons. The lowest BCUT2D eigenvalue weighted by atomic mass is 9.95. The zero-order valence-electron chi connectivity index (χ0n) is 10.3. The molecule has 3 heteroatoms. The van der Waals surface area contributed by atoms with Crippen molar-refractivity contribution in [2.24, 2.45) is 5.92 Å². The number of benzene rings is 1. The van der Waals surface area contributed by atoms with Crippen molar-refractivity contribution >= 4 is 6.09 Å². The average molecular weight is 233 g/mol. The molecule has 17 heavy (non-hydrogen) atoms. The summed E-state index contributed by atoms with van der Waals surface area (Å²) in [5.41, 5.74) is 1.21. The summed E-state index contributed by atoms with van der Waals surface area (Å²) < 4.78 is 5.33. The lowest BCUT2D eigenvalue weighted by Gasteiger charge is -2.18. The maximum atomic E-state index is 11.3. The Morgan fingerprint density at radius 3 is 2.65 bits per heavy atom. The fraction of sp³-hybridized carbons (Fsp3) is 0.500. The smallest absolute Gasteiger partial charge is 0.407 e. The van der Waals surface area contributed by atoms with Crippen LogP contribution >= 0.6 is 0 Å². The second-order valence-corrected chi connectivity index (χ2v) is 5.01. The van der Waals surface area contributed by atoms with E-state index in [0.29, 0.717) is 5.92 Å². The molecular weight excluding hydrogens is 214 g/mol. The third kappa shape index (κ3) is 3.22. The quantitative estimate of drug-likeness (QED) is 0.868. The van der Waals surface area contributed by atoms with Crippen molar-refractivity contribution in [3.8, 4) is 0 Å². The SMILES string of the molecule is CC(C)C[C@@H]1NC(=O)O[C@H]1Cc1ccccc1. The van der Waals surface area contributed by atoms with Crippen molar-refractivity contribution in [3.05, 3.63) is 35.9 Å². The van der Waals surface area contributed by atoms with E-state index in [4.69, 9.17) is 4.74 Å². The molecule has 0 saturated carbocycles. The van der Waals surface area contributed by atoms with Crippen molar-refractivity contribution in [1.29, 1.82) is 0 Å². The van der Waals surface area contributed by atoms with E-state index in [1.807, 2.05) is 18.2 Å². The van der Waals surface area contributed by atoms with Crippen molar-refractivity contribution in [1.82, 2.24) is 5.32 Å². The number of nitrogens with one attached hydrogen (secondary N) is 1. The third-order valence-electron chi connectivity index (χ3n) is 3.02. The van der Waals surface area contributed by atoms with Gasteiger partial charge in [0.15, 0.2) is 0 Å². The van der Waals surface area contributed by atoms with E-state index < -0.39 is 0 Å². The van der Waals surface area contributed by atoms with Crippen LogP contribution in [0.25, 0.3) is 0 Å². The van der Waals surface area contributed by atoms with Crippen LogP contribution < -0.4 is 5.32 Å². The van der Waals surface area contributed by atoms with Crippen molar-refractivity contribution in [2.75, 3.05) is 0 Å². The Balaban J connectivity index is 2.01. The average Bonchev–Trinajstić information content (AvgIpc) is 2.59. The van der Waals surface area contributed by atoms with Crippen LogP contribution in [-0.2, 0) is 11.2 Å². The number of alkyl carbamates (subject to hydrolysis) is 1. The van der Waals surface area contributed by atoms with Crippen LogP contribution in [0.15, 0.2) is 30.3 Å². The number of cyclic esters (lactones) is 1. The summed E-state index contributed by atoms with van der Waals surface area (Å²) in [7, 11) is 0. The Labute approximate surface area is 102 Å². The second kappa shape index (κ2) is 5.21. The van der Waals surface area contributed by atoms with Gasteiger partial charge in [-0.3, -0.25) is 0 Å². The molecule has 0 aliphatic carbocycles. The zero-order chi connectivity index (χ0) is 12.3. The van der Waals surface area contributed by atoms with Crippen LogP contribution in [-0.4, -0.2) is 18.2 Å². The zero-order valence-corrected chi connectivity index (χ0v) is 10.3. The second-order valence-electron chi connectivity index (χ2n) is 5.01. The summed E-state index contributed by atoms with van der Waals surface area (Å²) in [6.07, 6.45) is 1.43. The molecule has 1 aliphatic heterocycles. The Morgan fingerprint density at radius 2 is 2.00 bits per heavy atom. The fourth-order valence-electron chi connectivity index (χ4n) is 2.25. The first-order chi connectivity index (χ1) is 8.15. The number of carbonyl (C=O) groups excluding carboxylic acids is 1. The van der Waals surface area contributed by atoms with E-state index in [1.165, 1.54) is 5.56 Å².